The first-order chi connectivity index (χ1) is 9.18. The number of fused-ring (bicyclic) bond motifs is 1. The van der Waals surface area contributed by atoms with Crippen LogP contribution in [0.1, 0.15) is 42.5 Å². The highest BCUT2D eigenvalue weighted by Crippen LogP contribution is 2.41. The molecule has 2 atom stereocenters. The molecule has 4 heteroatoms. The molecule has 0 spiro atoms. The molecule has 3 rings (SSSR count). The second-order valence-corrected chi connectivity index (χ2v) is 5.64. The van der Waals surface area contributed by atoms with Gasteiger partial charge in [0.25, 0.3) is 0 Å². The summed E-state index contributed by atoms with van der Waals surface area (Å²) in [6, 6.07) is 5.89. The lowest BCUT2D eigenvalue weighted by Crippen LogP contribution is -2.35. The Morgan fingerprint density at radius 3 is 2.84 bits per heavy atom. The van der Waals surface area contributed by atoms with E-state index in [1.54, 1.807) is 12.1 Å². The topological polar surface area (TPSA) is 66.6 Å². The molecule has 3 N–H and O–H groups in total. The third-order valence-corrected chi connectivity index (χ3v) is 4.63. The van der Waals surface area contributed by atoms with Gasteiger partial charge in [-0.15, -0.1) is 0 Å². The maximum atomic E-state index is 11.2. The van der Waals surface area contributed by atoms with Crippen LogP contribution >= 0.6 is 0 Å². The monoisotopic (exact) mass is 260 g/mol. The lowest BCUT2D eigenvalue weighted by atomic mass is 9.85. The van der Waals surface area contributed by atoms with Gasteiger partial charge in [0.1, 0.15) is 0 Å². The number of para-hydroxylation sites is 1. The number of hydrogen-bond donors (Lipinski definition) is 2. The van der Waals surface area contributed by atoms with Crippen molar-refractivity contribution in [1.82, 2.24) is 0 Å². The Bertz CT molecular complexity index is 501. The fourth-order valence-electron chi connectivity index (χ4n) is 3.69. The molecule has 2 fully saturated rings. The first-order valence-electron chi connectivity index (χ1n) is 7.07. The standard InChI is InChI=1S/C15H20N2O2/c16-14-11(15(18)19)5-3-7-13(14)17-9-8-10-4-1-2-6-12(10)17/h3,5,7,10,12H,1-2,4,6,8-9,16H2,(H,18,19). The van der Waals surface area contributed by atoms with E-state index in [1.807, 2.05) is 6.07 Å². The van der Waals surface area contributed by atoms with E-state index in [1.165, 1.54) is 32.1 Å². The number of anilines is 2. The summed E-state index contributed by atoms with van der Waals surface area (Å²) in [5, 5.41) is 9.17. The predicted molar refractivity (Wildman–Crippen MR) is 75.5 cm³/mol. The maximum absolute atomic E-state index is 11.2. The Morgan fingerprint density at radius 1 is 1.26 bits per heavy atom. The molecular formula is C15H20N2O2. The van der Waals surface area contributed by atoms with Crippen LogP contribution in [0.2, 0.25) is 0 Å². The van der Waals surface area contributed by atoms with E-state index in [9.17, 15) is 4.79 Å². The molecule has 1 aliphatic carbocycles. The number of carboxylic acids is 1. The SMILES string of the molecule is Nc1c(C(=O)O)cccc1N1CCC2CCCCC21. The molecule has 0 bridgehead atoms. The Hall–Kier alpha value is -1.71. The van der Waals surface area contributed by atoms with E-state index < -0.39 is 5.97 Å². The minimum atomic E-state index is -0.946. The van der Waals surface area contributed by atoms with Gasteiger partial charge in [-0.3, -0.25) is 0 Å². The molecule has 1 saturated carbocycles. The summed E-state index contributed by atoms with van der Waals surface area (Å²) in [6.45, 7) is 1.00. The van der Waals surface area contributed by atoms with Gasteiger partial charge in [-0.2, -0.15) is 0 Å². The van der Waals surface area contributed by atoms with Crippen LogP contribution in [0.25, 0.3) is 0 Å². The maximum Gasteiger partial charge on any atom is 0.337 e. The molecule has 1 aromatic rings. The summed E-state index contributed by atoms with van der Waals surface area (Å²) >= 11 is 0. The fourth-order valence-corrected chi connectivity index (χ4v) is 3.69. The van der Waals surface area contributed by atoms with Gasteiger partial charge in [-0.25, -0.2) is 4.79 Å². The van der Waals surface area contributed by atoms with Crippen molar-refractivity contribution in [1.29, 1.82) is 0 Å². The van der Waals surface area contributed by atoms with Gasteiger partial charge in [0.15, 0.2) is 0 Å². The number of nitrogens with two attached hydrogens (primary N) is 1. The van der Waals surface area contributed by atoms with Crippen molar-refractivity contribution in [2.24, 2.45) is 5.92 Å². The van der Waals surface area contributed by atoms with Gasteiger partial charge in [0.2, 0.25) is 0 Å². The Kier molecular flexibility index (Phi) is 3.09. The molecule has 1 aliphatic heterocycles. The highest BCUT2D eigenvalue weighted by molar-refractivity contribution is 5.97. The zero-order valence-corrected chi connectivity index (χ0v) is 11.0. The normalized spacial score (nSPS) is 26.2. The highest BCUT2D eigenvalue weighted by atomic mass is 16.4. The first kappa shape index (κ1) is 12.3. The third kappa shape index (κ3) is 2.05. The van der Waals surface area contributed by atoms with Crippen molar-refractivity contribution < 1.29 is 9.90 Å². The number of rotatable bonds is 2. The van der Waals surface area contributed by atoms with E-state index in [0.29, 0.717) is 11.7 Å². The molecule has 2 unspecified atom stereocenters. The quantitative estimate of drug-likeness (QED) is 0.802. The summed E-state index contributed by atoms with van der Waals surface area (Å²) in [5.74, 6) is -0.180. The highest BCUT2D eigenvalue weighted by Gasteiger charge is 2.36. The molecule has 1 aromatic carbocycles. The molecule has 1 saturated heterocycles. The molecule has 4 nitrogen and oxygen atoms in total. The summed E-state index contributed by atoms with van der Waals surface area (Å²) in [5.41, 5.74) is 7.61. The lowest BCUT2D eigenvalue weighted by Gasteiger charge is -2.34. The van der Waals surface area contributed by atoms with Gasteiger partial charge in [0.05, 0.1) is 16.9 Å². The molecule has 2 aliphatic rings. The van der Waals surface area contributed by atoms with Crippen molar-refractivity contribution >= 4 is 17.3 Å². The number of carbonyl (C=O) groups is 1. The van der Waals surface area contributed by atoms with E-state index in [0.717, 1.165) is 18.2 Å². The van der Waals surface area contributed by atoms with Gasteiger partial charge >= 0.3 is 5.97 Å². The number of hydrogen-bond acceptors (Lipinski definition) is 3. The average Bonchev–Trinajstić information content (AvgIpc) is 2.82. The summed E-state index contributed by atoms with van der Waals surface area (Å²) in [4.78, 5) is 13.5. The van der Waals surface area contributed by atoms with Gasteiger partial charge < -0.3 is 15.7 Å². The van der Waals surface area contributed by atoms with Crippen LogP contribution in [-0.2, 0) is 0 Å². The first-order valence-corrected chi connectivity index (χ1v) is 7.07. The van der Waals surface area contributed by atoms with Crippen molar-refractivity contribution in [3.05, 3.63) is 23.8 Å². The van der Waals surface area contributed by atoms with E-state index >= 15 is 0 Å². The summed E-state index contributed by atoms with van der Waals surface area (Å²) < 4.78 is 0. The molecule has 0 radical (unpaired) electrons. The molecule has 0 amide bonds. The minimum Gasteiger partial charge on any atom is -0.478 e. The predicted octanol–water partition coefficient (Wildman–Crippen LogP) is 2.74. The third-order valence-electron chi connectivity index (χ3n) is 4.63. The number of nitrogen functional groups attached to an aromatic ring is 1. The minimum absolute atomic E-state index is 0.219. The molecule has 102 valence electrons. The van der Waals surface area contributed by atoms with Gasteiger partial charge in [0, 0.05) is 12.6 Å². The fraction of sp³-hybridized carbons (Fsp3) is 0.533. The van der Waals surface area contributed by atoms with Crippen molar-refractivity contribution in [3.8, 4) is 0 Å². The van der Waals surface area contributed by atoms with Crippen LogP contribution in [0.3, 0.4) is 0 Å². The van der Waals surface area contributed by atoms with Crippen LogP contribution in [0.5, 0.6) is 0 Å². The Labute approximate surface area is 113 Å². The Morgan fingerprint density at radius 2 is 2.05 bits per heavy atom. The summed E-state index contributed by atoms with van der Waals surface area (Å²) in [6.07, 6.45) is 6.33. The zero-order valence-electron chi connectivity index (χ0n) is 11.0. The summed E-state index contributed by atoms with van der Waals surface area (Å²) in [7, 11) is 0. The van der Waals surface area contributed by atoms with E-state index in [2.05, 4.69) is 4.90 Å². The van der Waals surface area contributed by atoms with Gasteiger partial charge in [-0.1, -0.05) is 18.9 Å². The van der Waals surface area contributed by atoms with Crippen LogP contribution in [0, 0.1) is 5.92 Å². The number of benzene rings is 1. The smallest absolute Gasteiger partial charge is 0.337 e. The van der Waals surface area contributed by atoms with E-state index in [-0.39, 0.29) is 5.56 Å². The Balaban J connectivity index is 1.94. The molecule has 1 heterocycles. The lowest BCUT2D eigenvalue weighted by molar-refractivity contribution is 0.0698. The number of aromatic carboxylic acids is 1. The molecule has 19 heavy (non-hydrogen) atoms. The molecular weight excluding hydrogens is 240 g/mol. The molecule has 0 aromatic heterocycles. The van der Waals surface area contributed by atoms with Crippen LogP contribution < -0.4 is 10.6 Å². The zero-order chi connectivity index (χ0) is 13.4. The number of carboxylic acid groups (broad SMARTS) is 1. The second kappa shape index (κ2) is 4.76. The second-order valence-electron chi connectivity index (χ2n) is 5.64. The van der Waals surface area contributed by atoms with Crippen LogP contribution in [0.15, 0.2) is 18.2 Å². The van der Waals surface area contributed by atoms with E-state index in [4.69, 9.17) is 10.8 Å². The van der Waals surface area contributed by atoms with Crippen molar-refractivity contribution in [2.45, 2.75) is 38.1 Å². The van der Waals surface area contributed by atoms with Crippen molar-refractivity contribution in [3.63, 3.8) is 0 Å². The average molecular weight is 260 g/mol. The van der Waals surface area contributed by atoms with Crippen molar-refractivity contribution in [2.75, 3.05) is 17.2 Å². The van der Waals surface area contributed by atoms with Gasteiger partial charge in [-0.05, 0) is 37.3 Å². The number of nitrogens with zero attached hydrogens (tertiary/aromatic N) is 1. The van der Waals surface area contributed by atoms with Crippen LogP contribution in [-0.4, -0.2) is 23.7 Å². The largest absolute Gasteiger partial charge is 0.478 e. The van der Waals surface area contributed by atoms with Crippen LogP contribution in [0.4, 0.5) is 11.4 Å².